The minimum absolute atomic E-state index is 0.104. The van der Waals surface area contributed by atoms with Crippen molar-refractivity contribution in [1.82, 2.24) is 5.32 Å². The maximum absolute atomic E-state index is 12.1. The quantitative estimate of drug-likeness (QED) is 0.798. The monoisotopic (exact) mass is 352 g/mol. The Kier molecular flexibility index (Phi) is 5.56. The van der Waals surface area contributed by atoms with Gasteiger partial charge < -0.3 is 15.4 Å². The number of benzene rings is 2. The lowest BCUT2D eigenvalue weighted by Crippen LogP contribution is -2.25. The average Bonchev–Trinajstić information content (AvgIpc) is 3.44. The molecule has 1 aliphatic rings. The summed E-state index contributed by atoms with van der Waals surface area (Å²) < 4.78 is 5.52. The zero-order valence-corrected chi connectivity index (χ0v) is 15.1. The van der Waals surface area contributed by atoms with E-state index in [0.717, 1.165) is 18.5 Å². The van der Waals surface area contributed by atoms with Gasteiger partial charge in [0.05, 0.1) is 0 Å². The molecule has 2 aromatic rings. The first-order valence-electron chi connectivity index (χ1n) is 8.95. The number of carbonyl (C=O) groups is 2. The Hall–Kier alpha value is -2.82. The lowest BCUT2D eigenvalue weighted by molar-refractivity contribution is -0.118. The number of anilines is 1. The molecule has 0 unspecified atom stereocenters. The van der Waals surface area contributed by atoms with Crippen molar-refractivity contribution in [3.05, 3.63) is 59.7 Å². The van der Waals surface area contributed by atoms with Gasteiger partial charge in [0.1, 0.15) is 5.75 Å². The fraction of sp³-hybridized carbons (Fsp3) is 0.333. The van der Waals surface area contributed by atoms with E-state index in [0.29, 0.717) is 23.3 Å². The van der Waals surface area contributed by atoms with Gasteiger partial charge in [-0.25, -0.2) is 0 Å². The van der Waals surface area contributed by atoms with Crippen LogP contribution in [0.15, 0.2) is 48.5 Å². The summed E-state index contributed by atoms with van der Waals surface area (Å²) in [5.74, 6) is 0.606. The van der Waals surface area contributed by atoms with Crippen LogP contribution in [-0.4, -0.2) is 24.5 Å². The summed E-state index contributed by atoms with van der Waals surface area (Å²) in [6.45, 7) is 4.14. The van der Waals surface area contributed by atoms with Gasteiger partial charge in [-0.1, -0.05) is 32.0 Å². The third-order valence-electron chi connectivity index (χ3n) is 4.24. The summed E-state index contributed by atoms with van der Waals surface area (Å²) in [5.41, 5.74) is 2.50. The number of hydrogen-bond acceptors (Lipinski definition) is 3. The molecule has 0 heterocycles. The van der Waals surface area contributed by atoms with E-state index in [4.69, 9.17) is 4.74 Å². The van der Waals surface area contributed by atoms with Gasteiger partial charge in [0.2, 0.25) is 0 Å². The molecule has 26 heavy (non-hydrogen) atoms. The third-order valence-corrected chi connectivity index (χ3v) is 4.24. The fourth-order valence-electron chi connectivity index (χ4n) is 2.52. The number of rotatable bonds is 7. The van der Waals surface area contributed by atoms with Gasteiger partial charge in [-0.15, -0.1) is 0 Å². The third kappa shape index (κ3) is 5.09. The van der Waals surface area contributed by atoms with E-state index < -0.39 is 0 Å². The predicted octanol–water partition coefficient (Wildman–Crippen LogP) is 3.72. The number of amides is 2. The minimum atomic E-state index is -0.241. The fourth-order valence-corrected chi connectivity index (χ4v) is 2.52. The first-order chi connectivity index (χ1) is 12.5. The van der Waals surface area contributed by atoms with Crippen LogP contribution >= 0.6 is 0 Å². The molecule has 1 fully saturated rings. The second-order valence-corrected chi connectivity index (χ2v) is 6.89. The number of nitrogens with one attached hydrogen (secondary N) is 2. The second kappa shape index (κ2) is 8.04. The molecule has 136 valence electrons. The van der Waals surface area contributed by atoms with Gasteiger partial charge in [-0.3, -0.25) is 9.59 Å². The molecule has 0 saturated heterocycles. The molecule has 0 atom stereocenters. The van der Waals surface area contributed by atoms with Crippen LogP contribution in [0.3, 0.4) is 0 Å². The van der Waals surface area contributed by atoms with Crippen LogP contribution in [0.4, 0.5) is 5.69 Å². The summed E-state index contributed by atoms with van der Waals surface area (Å²) >= 11 is 0. The molecule has 0 radical (unpaired) electrons. The van der Waals surface area contributed by atoms with E-state index in [-0.39, 0.29) is 18.4 Å². The molecule has 0 spiro atoms. The van der Waals surface area contributed by atoms with Gasteiger partial charge >= 0.3 is 0 Å². The molecule has 0 bridgehead atoms. The highest BCUT2D eigenvalue weighted by Crippen LogP contribution is 2.20. The van der Waals surface area contributed by atoms with Crippen molar-refractivity contribution in [3.8, 4) is 5.75 Å². The van der Waals surface area contributed by atoms with E-state index in [1.165, 1.54) is 5.56 Å². The number of carbonyl (C=O) groups excluding carboxylic acids is 2. The van der Waals surface area contributed by atoms with Gasteiger partial charge in [-0.05, 0) is 54.7 Å². The zero-order chi connectivity index (χ0) is 18.5. The van der Waals surface area contributed by atoms with E-state index in [1.807, 2.05) is 24.3 Å². The molecular weight excluding hydrogens is 328 g/mol. The molecule has 0 aliphatic heterocycles. The molecule has 2 N–H and O–H groups in total. The molecule has 2 aromatic carbocycles. The molecule has 3 rings (SSSR count). The summed E-state index contributed by atoms with van der Waals surface area (Å²) in [4.78, 5) is 24.1. The largest absolute Gasteiger partial charge is 0.484 e. The maximum atomic E-state index is 12.1. The van der Waals surface area contributed by atoms with E-state index in [2.05, 4.69) is 24.5 Å². The Bertz CT molecular complexity index is 780. The standard InChI is InChI=1S/C21H24N2O3/c1-14(2)15-6-8-17(9-7-15)22-20(24)13-26-19-5-3-4-16(12-19)21(25)23-18-10-11-18/h3-9,12,14,18H,10-11,13H2,1-2H3,(H,22,24)(H,23,25). The van der Waals surface area contributed by atoms with Gasteiger partial charge in [0.25, 0.3) is 11.8 Å². The Morgan fingerprint density at radius 2 is 1.85 bits per heavy atom. The molecule has 2 amide bonds. The molecule has 1 saturated carbocycles. The zero-order valence-electron chi connectivity index (χ0n) is 15.1. The van der Waals surface area contributed by atoms with Crippen molar-refractivity contribution in [2.24, 2.45) is 0 Å². The van der Waals surface area contributed by atoms with Crippen LogP contribution in [-0.2, 0) is 4.79 Å². The highest BCUT2D eigenvalue weighted by molar-refractivity contribution is 5.95. The van der Waals surface area contributed by atoms with Gasteiger partial charge in [0, 0.05) is 17.3 Å². The first-order valence-corrected chi connectivity index (χ1v) is 8.95. The summed E-state index contributed by atoms with van der Waals surface area (Å²) in [7, 11) is 0. The second-order valence-electron chi connectivity index (χ2n) is 6.89. The molecule has 0 aromatic heterocycles. The lowest BCUT2D eigenvalue weighted by Gasteiger charge is -2.10. The maximum Gasteiger partial charge on any atom is 0.262 e. The van der Waals surface area contributed by atoms with Crippen LogP contribution < -0.4 is 15.4 Å². The topological polar surface area (TPSA) is 67.4 Å². The summed E-state index contributed by atoms with van der Waals surface area (Å²) in [6.07, 6.45) is 2.08. The number of ether oxygens (including phenoxy) is 1. The van der Waals surface area contributed by atoms with E-state index in [1.54, 1.807) is 24.3 Å². The van der Waals surface area contributed by atoms with Crippen LogP contribution in [0.5, 0.6) is 5.75 Å². The smallest absolute Gasteiger partial charge is 0.262 e. The van der Waals surface area contributed by atoms with Gasteiger partial charge in [0.15, 0.2) is 6.61 Å². The van der Waals surface area contributed by atoms with Crippen molar-refractivity contribution in [1.29, 1.82) is 0 Å². The summed E-state index contributed by atoms with van der Waals surface area (Å²) in [5, 5.41) is 5.74. The SMILES string of the molecule is CC(C)c1ccc(NC(=O)COc2cccc(C(=O)NC3CC3)c2)cc1. The Labute approximate surface area is 153 Å². The normalized spacial score (nSPS) is 13.3. The highest BCUT2D eigenvalue weighted by Gasteiger charge is 2.23. The molecule has 1 aliphatic carbocycles. The molecule has 5 nitrogen and oxygen atoms in total. The average molecular weight is 352 g/mol. The van der Waals surface area contributed by atoms with Crippen LogP contribution in [0.1, 0.15) is 48.5 Å². The predicted molar refractivity (Wildman–Crippen MR) is 102 cm³/mol. The Morgan fingerprint density at radius 3 is 2.50 bits per heavy atom. The van der Waals surface area contributed by atoms with E-state index in [9.17, 15) is 9.59 Å². The van der Waals surface area contributed by atoms with Crippen LogP contribution in [0, 0.1) is 0 Å². The van der Waals surface area contributed by atoms with Crippen LogP contribution in [0.25, 0.3) is 0 Å². The Balaban J connectivity index is 1.51. The first kappa shape index (κ1) is 18.0. The van der Waals surface area contributed by atoms with Crippen molar-refractivity contribution < 1.29 is 14.3 Å². The van der Waals surface area contributed by atoms with Crippen molar-refractivity contribution in [3.63, 3.8) is 0 Å². The molecule has 5 heteroatoms. The highest BCUT2D eigenvalue weighted by atomic mass is 16.5. The number of hydrogen-bond donors (Lipinski definition) is 2. The minimum Gasteiger partial charge on any atom is -0.484 e. The lowest BCUT2D eigenvalue weighted by atomic mass is 10.0. The van der Waals surface area contributed by atoms with Crippen molar-refractivity contribution in [2.75, 3.05) is 11.9 Å². The van der Waals surface area contributed by atoms with Crippen molar-refractivity contribution in [2.45, 2.75) is 38.6 Å². The summed E-state index contributed by atoms with van der Waals surface area (Å²) in [6, 6.07) is 15.0. The van der Waals surface area contributed by atoms with E-state index >= 15 is 0 Å². The van der Waals surface area contributed by atoms with Crippen LogP contribution in [0.2, 0.25) is 0 Å². The Morgan fingerprint density at radius 1 is 1.12 bits per heavy atom. The van der Waals surface area contributed by atoms with Gasteiger partial charge in [-0.2, -0.15) is 0 Å². The van der Waals surface area contributed by atoms with Crippen molar-refractivity contribution >= 4 is 17.5 Å². The molecular formula is C21H24N2O3.